The Kier molecular flexibility index (Phi) is 7.52. The van der Waals surface area contributed by atoms with Crippen molar-refractivity contribution in [2.45, 2.75) is 37.6 Å². The molecule has 37 heavy (non-hydrogen) atoms. The first-order valence-corrected chi connectivity index (χ1v) is 11.1. The molecular weight excluding hydrogens is 490 g/mol. The van der Waals surface area contributed by atoms with Crippen LogP contribution in [-0.2, 0) is 14.3 Å². The molecule has 13 nitrogen and oxygen atoms in total. The van der Waals surface area contributed by atoms with Crippen LogP contribution in [-0.4, -0.2) is 92.5 Å². The molecule has 6 N–H and O–H groups in total. The van der Waals surface area contributed by atoms with E-state index in [4.69, 9.17) is 9.47 Å². The minimum absolute atomic E-state index is 0.0189. The summed E-state index contributed by atoms with van der Waals surface area (Å²) in [5.41, 5.74) is 0.596. The zero-order valence-corrected chi connectivity index (χ0v) is 19.7. The third-order valence-corrected chi connectivity index (χ3v) is 5.88. The SMILES string of the molecule is COC(=O)/C=C/NC(=O)c1cc2c([nH]c3c(O[C@@H]4O[C@H](CO)[C@@H](O)[C@H](O)[C@H]4O)cccc32)c(C(C)=O)n1. The van der Waals surface area contributed by atoms with Crippen molar-refractivity contribution < 1.29 is 49.0 Å². The van der Waals surface area contributed by atoms with Crippen molar-refractivity contribution >= 4 is 39.5 Å². The minimum Gasteiger partial charge on any atom is -0.466 e. The second-order valence-electron chi connectivity index (χ2n) is 8.28. The zero-order valence-electron chi connectivity index (χ0n) is 19.7. The van der Waals surface area contributed by atoms with Crippen LogP contribution in [0.1, 0.15) is 27.9 Å². The third kappa shape index (κ3) is 5.03. The van der Waals surface area contributed by atoms with Crippen molar-refractivity contribution in [2.75, 3.05) is 13.7 Å². The summed E-state index contributed by atoms with van der Waals surface area (Å²) < 4.78 is 15.7. The Morgan fingerprint density at radius 3 is 2.57 bits per heavy atom. The second-order valence-corrected chi connectivity index (χ2v) is 8.28. The lowest BCUT2D eigenvalue weighted by Gasteiger charge is -2.39. The number of hydrogen-bond donors (Lipinski definition) is 6. The number of Topliss-reactive ketones (excluding diaryl/α,β-unsaturated/α-hetero) is 1. The first kappa shape index (κ1) is 26.2. The Morgan fingerprint density at radius 2 is 1.89 bits per heavy atom. The highest BCUT2D eigenvalue weighted by Crippen LogP contribution is 2.35. The molecule has 0 aliphatic carbocycles. The van der Waals surface area contributed by atoms with Crippen LogP contribution in [0.5, 0.6) is 5.75 Å². The normalized spacial score (nSPS) is 23.9. The van der Waals surface area contributed by atoms with Gasteiger partial charge in [-0.3, -0.25) is 9.59 Å². The summed E-state index contributed by atoms with van der Waals surface area (Å²) in [7, 11) is 1.19. The van der Waals surface area contributed by atoms with Crippen LogP contribution in [0.25, 0.3) is 21.8 Å². The first-order chi connectivity index (χ1) is 17.7. The number of ether oxygens (including phenoxy) is 3. The van der Waals surface area contributed by atoms with Gasteiger partial charge in [0.1, 0.15) is 41.6 Å². The number of fused-ring (bicyclic) bond motifs is 3. The largest absolute Gasteiger partial charge is 0.466 e. The number of ketones is 1. The van der Waals surface area contributed by atoms with E-state index in [1.54, 1.807) is 18.2 Å². The number of aromatic nitrogens is 2. The van der Waals surface area contributed by atoms with E-state index in [1.807, 2.05) is 0 Å². The molecule has 2 aromatic heterocycles. The Morgan fingerprint density at radius 1 is 1.14 bits per heavy atom. The number of nitrogens with zero attached hydrogens (tertiary/aromatic N) is 1. The molecule has 5 atom stereocenters. The van der Waals surface area contributed by atoms with Crippen molar-refractivity contribution in [3.8, 4) is 5.75 Å². The predicted molar refractivity (Wildman–Crippen MR) is 127 cm³/mol. The number of nitrogens with one attached hydrogen (secondary N) is 2. The van der Waals surface area contributed by atoms with Crippen LogP contribution in [0.3, 0.4) is 0 Å². The number of methoxy groups -OCH3 is 1. The van der Waals surface area contributed by atoms with Crippen molar-refractivity contribution in [3.63, 3.8) is 0 Å². The lowest BCUT2D eigenvalue weighted by atomic mass is 9.99. The maximum absolute atomic E-state index is 12.6. The van der Waals surface area contributed by atoms with E-state index < -0.39 is 55.0 Å². The van der Waals surface area contributed by atoms with Gasteiger partial charge in [-0.05, 0) is 12.1 Å². The number of aliphatic hydroxyl groups is 4. The fraction of sp³-hybridized carbons (Fsp3) is 0.333. The van der Waals surface area contributed by atoms with Gasteiger partial charge in [0.2, 0.25) is 6.29 Å². The van der Waals surface area contributed by atoms with Gasteiger partial charge in [0.15, 0.2) is 5.78 Å². The van der Waals surface area contributed by atoms with Crippen LogP contribution in [0.2, 0.25) is 0 Å². The van der Waals surface area contributed by atoms with Gasteiger partial charge < -0.3 is 44.9 Å². The summed E-state index contributed by atoms with van der Waals surface area (Å²) in [5, 5.41) is 43.2. The zero-order chi connectivity index (χ0) is 26.9. The molecule has 1 amide bonds. The second kappa shape index (κ2) is 10.6. The van der Waals surface area contributed by atoms with Gasteiger partial charge in [-0.25, -0.2) is 9.78 Å². The monoisotopic (exact) mass is 515 g/mol. The number of aliphatic hydroxyl groups excluding tert-OH is 4. The van der Waals surface area contributed by atoms with Crippen LogP contribution in [0.4, 0.5) is 0 Å². The summed E-state index contributed by atoms with van der Waals surface area (Å²) >= 11 is 0. The maximum atomic E-state index is 12.6. The molecule has 1 aliphatic heterocycles. The highest BCUT2D eigenvalue weighted by molar-refractivity contribution is 6.16. The number of para-hydroxylation sites is 1. The number of aromatic amines is 1. The topological polar surface area (TPSA) is 201 Å². The fourth-order valence-electron chi connectivity index (χ4n) is 3.98. The molecule has 1 fully saturated rings. The number of H-pyrrole nitrogens is 1. The molecule has 3 heterocycles. The van der Waals surface area contributed by atoms with Gasteiger partial charge in [0.05, 0.1) is 24.8 Å². The Balaban J connectivity index is 1.74. The summed E-state index contributed by atoms with van der Waals surface area (Å²) in [6.07, 6.45) is -5.28. The molecule has 0 saturated carbocycles. The number of benzene rings is 1. The highest BCUT2D eigenvalue weighted by Gasteiger charge is 2.44. The van der Waals surface area contributed by atoms with Gasteiger partial charge in [0.25, 0.3) is 5.91 Å². The molecule has 1 aromatic carbocycles. The number of carbonyl (C=O) groups is 3. The summed E-state index contributed by atoms with van der Waals surface area (Å²) in [6, 6.07) is 6.34. The van der Waals surface area contributed by atoms with E-state index in [0.717, 1.165) is 12.3 Å². The standard InChI is InChI=1S/C24H25N3O10/c1-10(29)17-19-12(8-13(26-17)23(34)25-7-6-16(30)35-2)11-4-3-5-14(18(11)27-19)36-24-22(33)21(32)20(31)15(9-28)37-24/h3-8,15,20-22,24,27-28,31-33H,9H2,1-2H3,(H,25,34)/b7-6+/t15-,20-,21+,22-,24-/m1/s1. The Hall–Kier alpha value is -3.88. The Bertz CT molecular complexity index is 1380. The van der Waals surface area contributed by atoms with Gasteiger partial charge in [0, 0.05) is 30.0 Å². The molecular formula is C24H25N3O10. The average molecular weight is 515 g/mol. The Labute approximate surface area is 209 Å². The van der Waals surface area contributed by atoms with E-state index in [1.165, 1.54) is 20.1 Å². The van der Waals surface area contributed by atoms with E-state index in [-0.39, 0.29) is 17.1 Å². The minimum atomic E-state index is -1.62. The quantitative estimate of drug-likeness (QED) is 0.135. The van der Waals surface area contributed by atoms with Crippen LogP contribution in [0.15, 0.2) is 36.5 Å². The van der Waals surface area contributed by atoms with E-state index in [9.17, 15) is 34.8 Å². The first-order valence-electron chi connectivity index (χ1n) is 11.1. The molecule has 0 spiro atoms. The number of rotatable bonds is 7. The van der Waals surface area contributed by atoms with Crippen LogP contribution in [0, 0.1) is 0 Å². The van der Waals surface area contributed by atoms with E-state index in [0.29, 0.717) is 21.8 Å². The third-order valence-electron chi connectivity index (χ3n) is 5.88. The molecule has 0 bridgehead atoms. The molecule has 13 heteroatoms. The average Bonchev–Trinajstić information content (AvgIpc) is 3.27. The number of esters is 1. The van der Waals surface area contributed by atoms with Crippen LogP contribution >= 0.6 is 0 Å². The van der Waals surface area contributed by atoms with Crippen molar-refractivity contribution in [2.24, 2.45) is 0 Å². The van der Waals surface area contributed by atoms with Crippen molar-refractivity contribution in [1.82, 2.24) is 15.3 Å². The number of amides is 1. The fourth-order valence-corrected chi connectivity index (χ4v) is 3.98. The summed E-state index contributed by atoms with van der Waals surface area (Å²) in [4.78, 5) is 43.5. The van der Waals surface area contributed by atoms with Gasteiger partial charge >= 0.3 is 5.97 Å². The predicted octanol–water partition coefficient (Wildman–Crippen LogP) is -0.486. The van der Waals surface area contributed by atoms with Crippen molar-refractivity contribution in [3.05, 3.63) is 47.9 Å². The number of hydrogen-bond acceptors (Lipinski definition) is 11. The summed E-state index contributed by atoms with van der Waals surface area (Å²) in [5.74, 6) is -1.60. The maximum Gasteiger partial charge on any atom is 0.331 e. The highest BCUT2D eigenvalue weighted by atomic mass is 16.7. The van der Waals surface area contributed by atoms with Crippen LogP contribution < -0.4 is 10.1 Å². The number of pyridine rings is 1. The molecule has 4 rings (SSSR count). The van der Waals surface area contributed by atoms with E-state index in [2.05, 4.69) is 20.0 Å². The van der Waals surface area contributed by atoms with Crippen molar-refractivity contribution in [1.29, 1.82) is 0 Å². The lowest BCUT2D eigenvalue weighted by Crippen LogP contribution is -2.60. The van der Waals surface area contributed by atoms with Gasteiger partial charge in [-0.15, -0.1) is 0 Å². The molecule has 3 aromatic rings. The van der Waals surface area contributed by atoms with E-state index >= 15 is 0 Å². The molecule has 0 unspecified atom stereocenters. The number of carbonyl (C=O) groups excluding carboxylic acids is 3. The molecule has 1 saturated heterocycles. The van der Waals surface area contributed by atoms with Gasteiger partial charge in [-0.2, -0.15) is 0 Å². The lowest BCUT2D eigenvalue weighted by molar-refractivity contribution is -0.277. The smallest absolute Gasteiger partial charge is 0.331 e. The molecule has 196 valence electrons. The van der Waals surface area contributed by atoms with Gasteiger partial charge in [-0.1, -0.05) is 12.1 Å². The molecule has 1 aliphatic rings. The summed E-state index contributed by atoms with van der Waals surface area (Å²) in [6.45, 7) is 0.673. The molecule has 0 radical (unpaired) electrons.